The Balaban J connectivity index is 1.36. The summed E-state index contributed by atoms with van der Waals surface area (Å²) in [5.74, 6) is -0.176. The Hall–Kier alpha value is -4.33. The second-order valence-electron chi connectivity index (χ2n) is 8.73. The largest absolute Gasteiger partial charge is 0.397 e. The second kappa shape index (κ2) is 10.7. The number of aryl methyl sites for hydroxylation is 2. The van der Waals surface area contributed by atoms with Crippen LogP contribution in [0.2, 0.25) is 0 Å². The molecule has 0 saturated carbocycles. The molecular weight excluding hydrogens is 438 g/mol. The minimum Gasteiger partial charge on any atom is -0.397 e. The lowest BCUT2D eigenvalue weighted by molar-refractivity contribution is -0.671. The van der Waals surface area contributed by atoms with Crippen molar-refractivity contribution in [1.82, 2.24) is 4.57 Å². The Morgan fingerprint density at radius 3 is 2.40 bits per heavy atom. The highest BCUT2D eigenvalue weighted by Crippen LogP contribution is 2.22. The van der Waals surface area contributed by atoms with E-state index >= 15 is 0 Å². The molecule has 4 rings (SSSR count). The smallest absolute Gasteiger partial charge is 0.243 e. The summed E-state index contributed by atoms with van der Waals surface area (Å²) in [7, 11) is 6.00. The van der Waals surface area contributed by atoms with Crippen molar-refractivity contribution in [3.05, 3.63) is 90.8 Å². The van der Waals surface area contributed by atoms with Crippen LogP contribution >= 0.6 is 0 Å². The molecule has 0 bridgehead atoms. The Bertz CT molecular complexity index is 1270. The highest BCUT2D eigenvalue weighted by Gasteiger charge is 2.17. The summed E-state index contributed by atoms with van der Waals surface area (Å²) in [4.78, 5) is 19.2. The number of ketones is 1. The van der Waals surface area contributed by atoms with Crippen LogP contribution in [0.25, 0.3) is 0 Å². The van der Waals surface area contributed by atoms with E-state index in [-0.39, 0.29) is 5.78 Å². The maximum Gasteiger partial charge on any atom is 0.243 e. The highest BCUT2D eigenvalue weighted by atomic mass is 16.1. The molecule has 0 spiro atoms. The van der Waals surface area contributed by atoms with Crippen molar-refractivity contribution >= 4 is 34.2 Å². The molecule has 0 amide bonds. The molecule has 1 aliphatic carbocycles. The summed E-state index contributed by atoms with van der Waals surface area (Å²) in [6.45, 7) is 1.84. The number of nitrogens with zero attached hydrogens (tertiary/aromatic N) is 4. The summed E-state index contributed by atoms with van der Waals surface area (Å²) in [5.41, 5.74) is 11.1. The standard InChI is InChI=1S/C27H31N7O/c1-32(2)23-11-9-22(10-12-23)30-25-18-26(27(35)17-24(25)28)31-21-7-5-20(6-8-21)29-13-4-14-34-16-15-33(3)19-34/h5-12,15-19H,4,13-14H2,1-3H3,(H3-,28,29,30,31,35)/p+1. The third-order valence-electron chi connectivity index (χ3n) is 5.65. The number of hydrogen-bond donors (Lipinski definition) is 3. The van der Waals surface area contributed by atoms with Crippen LogP contribution in [-0.4, -0.2) is 36.7 Å². The maximum atomic E-state index is 12.5. The van der Waals surface area contributed by atoms with Crippen LogP contribution < -0.4 is 25.8 Å². The average molecular weight is 471 g/mol. The molecule has 0 saturated heterocycles. The van der Waals surface area contributed by atoms with E-state index in [2.05, 4.69) is 32.7 Å². The lowest BCUT2D eigenvalue weighted by Crippen LogP contribution is -2.23. The van der Waals surface area contributed by atoms with Gasteiger partial charge in [0.25, 0.3) is 0 Å². The number of aromatic nitrogens is 2. The molecule has 35 heavy (non-hydrogen) atoms. The van der Waals surface area contributed by atoms with Gasteiger partial charge in [0.05, 0.1) is 36.4 Å². The third-order valence-corrected chi connectivity index (χ3v) is 5.65. The molecule has 0 fully saturated rings. The number of imidazole rings is 1. The van der Waals surface area contributed by atoms with Gasteiger partial charge in [0.2, 0.25) is 12.1 Å². The van der Waals surface area contributed by atoms with E-state index in [4.69, 9.17) is 5.73 Å². The topological polar surface area (TPSA) is 91.6 Å². The Morgan fingerprint density at radius 1 is 1.03 bits per heavy atom. The number of aliphatic imine (C=N–C) groups is 1. The number of carbonyl (C=O) groups is 1. The Morgan fingerprint density at radius 2 is 1.74 bits per heavy atom. The molecule has 1 heterocycles. The SMILES string of the molecule is CN(C)c1ccc(N=C2C=C(Nc3ccc(NCCCn4cc[n+](C)c4)cc3)C(=O)C=C2N)cc1. The van der Waals surface area contributed by atoms with E-state index in [0.29, 0.717) is 17.1 Å². The van der Waals surface area contributed by atoms with Crippen LogP contribution in [0.1, 0.15) is 6.42 Å². The maximum absolute atomic E-state index is 12.5. The fourth-order valence-corrected chi connectivity index (χ4v) is 3.70. The van der Waals surface area contributed by atoms with Crippen LogP contribution in [0.15, 0.2) is 95.8 Å². The molecule has 1 aliphatic rings. The highest BCUT2D eigenvalue weighted by molar-refractivity contribution is 6.23. The van der Waals surface area contributed by atoms with Crippen molar-refractivity contribution in [2.45, 2.75) is 13.0 Å². The second-order valence-corrected chi connectivity index (χ2v) is 8.73. The number of allylic oxidation sites excluding steroid dienone is 2. The van der Waals surface area contributed by atoms with Gasteiger partial charge in [-0.1, -0.05) is 0 Å². The summed E-state index contributed by atoms with van der Waals surface area (Å²) >= 11 is 0. The van der Waals surface area contributed by atoms with Crippen LogP contribution in [0.5, 0.6) is 0 Å². The summed E-state index contributed by atoms with van der Waals surface area (Å²) in [6.07, 6.45) is 10.3. The van der Waals surface area contributed by atoms with Gasteiger partial charge in [-0.25, -0.2) is 14.1 Å². The molecule has 0 aliphatic heterocycles. The van der Waals surface area contributed by atoms with Gasteiger partial charge in [-0.2, -0.15) is 0 Å². The van der Waals surface area contributed by atoms with Gasteiger partial charge in [0.1, 0.15) is 12.4 Å². The van der Waals surface area contributed by atoms with E-state index < -0.39 is 0 Å². The molecule has 2 aromatic carbocycles. The van der Waals surface area contributed by atoms with Gasteiger partial charge in [-0.15, -0.1) is 0 Å². The van der Waals surface area contributed by atoms with Gasteiger partial charge in [0, 0.05) is 50.2 Å². The zero-order valence-corrected chi connectivity index (χ0v) is 20.4. The number of anilines is 3. The molecule has 0 atom stereocenters. The van der Waals surface area contributed by atoms with E-state index in [0.717, 1.165) is 42.3 Å². The first-order valence-corrected chi connectivity index (χ1v) is 11.6. The first kappa shape index (κ1) is 23.8. The number of nitrogens with one attached hydrogen (secondary N) is 2. The fraction of sp³-hybridized carbons (Fsp3) is 0.222. The van der Waals surface area contributed by atoms with Crippen LogP contribution in [0, 0.1) is 0 Å². The Labute approximate surface area is 206 Å². The number of hydrogen-bond acceptors (Lipinski definition) is 6. The molecule has 180 valence electrons. The predicted molar refractivity (Wildman–Crippen MR) is 142 cm³/mol. The summed E-state index contributed by atoms with van der Waals surface area (Å²) < 4.78 is 4.20. The van der Waals surface area contributed by atoms with Crippen molar-refractivity contribution < 1.29 is 9.36 Å². The molecule has 0 unspecified atom stereocenters. The van der Waals surface area contributed by atoms with Gasteiger partial charge < -0.3 is 21.3 Å². The van der Waals surface area contributed by atoms with Crippen LogP contribution in [0.4, 0.5) is 22.7 Å². The molecular formula is C27H32N7O+. The number of rotatable bonds is 9. The van der Waals surface area contributed by atoms with E-state index in [9.17, 15) is 4.79 Å². The van der Waals surface area contributed by atoms with Gasteiger partial charge in [-0.05, 0) is 54.6 Å². The zero-order valence-electron chi connectivity index (χ0n) is 20.4. The van der Waals surface area contributed by atoms with Crippen LogP contribution in [0.3, 0.4) is 0 Å². The zero-order chi connectivity index (χ0) is 24.8. The lowest BCUT2D eigenvalue weighted by atomic mass is 10.1. The molecule has 4 N–H and O–H groups in total. The first-order chi connectivity index (χ1) is 16.9. The molecule has 8 heteroatoms. The quantitative estimate of drug-likeness (QED) is 0.253. The van der Waals surface area contributed by atoms with Crippen molar-refractivity contribution in [3.8, 4) is 0 Å². The summed E-state index contributed by atoms with van der Waals surface area (Å²) in [5, 5.41) is 6.63. The van der Waals surface area contributed by atoms with E-state index in [1.54, 1.807) is 6.08 Å². The molecule has 8 nitrogen and oxygen atoms in total. The Kier molecular flexibility index (Phi) is 7.30. The molecule has 3 aromatic rings. The van der Waals surface area contributed by atoms with Crippen molar-refractivity contribution in [1.29, 1.82) is 0 Å². The number of benzene rings is 2. The van der Waals surface area contributed by atoms with Gasteiger partial charge >= 0.3 is 0 Å². The number of nitrogens with two attached hydrogens (primary N) is 1. The lowest BCUT2D eigenvalue weighted by Gasteiger charge is -2.15. The molecule has 1 aromatic heterocycles. The van der Waals surface area contributed by atoms with E-state index in [1.807, 2.05) is 85.3 Å². The van der Waals surface area contributed by atoms with Gasteiger partial charge in [0.15, 0.2) is 0 Å². The number of carbonyl (C=O) groups excluding carboxylic acids is 1. The summed E-state index contributed by atoms with van der Waals surface area (Å²) in [6, 6.07) is 15.7. The predicted octanol–water partition coefficient (Wildman–Crippen LogP) is 3.37. The van der Waals surface area contributed by atoms with Crippen molar-refractivity contribution in [3.63, 3.8) is 0 Å². The van der Waals surface area contributed by atoms with Crippen molar-refractivity contribution in [2.24, 2.45) is 17.8 Å². The van der Waals surface area contributed by atoms with E-state index in [1.165, 1.54) is 6.08 Å². The van der Waals surface area contributed by atoms with Crippen molar-refractivity contribution in [2.75, 3.05) is 36.2 Å². The minimum absolute atomic E-state index is 0.176. The first-order valence-electron chi connectivity index (χ1n) is 11.6. The average Bonchev–Trinajstić information content (AvgIpc) is 3.26. The molecule has 0 radical (unpaired) electrons. The minimum atomic E-state index is -0.176. The fourth-order valence-electron chi connectivity index (χ4n) is 3.70. The van der Waals surface area contributed by atoms with Gasteiger partial charge in [-0.3, -0.25) is 4.79 Å². The van der Waals surface area contributed by atoms with Crippen LogP contribution in [-0.2, 0) is 18.4 Å². The third kappa shape index (κ3) is 6.38. The normalized spacial score (nSPS) is 14.5. The monoisotopic (exact) mass is 470 g/mol.